The van der Waals surface area contributed by atoms with Crippen LogP contribution in [0.25, 0.3) is 0 Å². The molecule has 0 aromatic carbocycles. The summed E-state index contributed by atoms with van der Waals surface area (Å²) in [5.41, 5.74) is 0. The Labute approximate surface area is 193 Å². The van der Waals surface area contributed by atoms with Gasteiger partial charge in [-0.25, -0.2) is 4.79 Å². The standard InChI is InChI=1S/C24H44N2O4S/c1-6-7-8-9-10-18-11-13-19(14-12-18)22(27)25-20(15-16-31-5)23(28)26-21(17(2)3)24(29)30-4/h17-21H,6-16H2,1-5H3,(H,25,27)(H,26,28)/t18?,19?,20-,21+/m1/s1. The summed E-state index contributed by atoms with van der Waals surface area (Å²) >= 11 is 1.63. The van der Waals surface area contributed by atoms with E-state index < -0.39 is 18.1 Å². The maximum Gasteiger partial charge on any atom is 0.328 e. The highest BCUT2D eigenvalue weighted by Gasteiger charge is 2.32. The molecule has 0 aromatic rings. The maximum atomic E-state index is 12.9. The SMILES string of the molecule is CCCCCCC1CCC(C(=O)N[C@H](CCSC)C(=O)N[C@H](C(=O)OC)C(C)C)CC1. The van der Waals surface area contributed by atoms with Crippen molar-refractivity contribution in [2.75, 3.05) is 19.1 Å². The molecule has 2 amide bonds. The van der Waals surface area contributed by atoms with E-state index in [1.807, 2.05) is 20.1 Å². The lowest BCUT2D eigenvalue weighted by molar-refractivity contribution is -0.146. The first-order valence-corrected chi connectivity index (χ1v) is 13.4. The number of rotatable bonds is 14. The number of carbonyl (C=O) groups excluding carboxylic acids is 3. The van der Waals surface area contributed by atoms with Crippen molar-refractivity contribution in [1.82, 2.24) is 10.6 Å². The molecule has 1 fully saturated rings. The van der Waals surface area contributed by atoms with Gasteiger partial charge in [0.1, 0.15) is 12.1 Å². The van der Waals surface area contributed by atoms with Gasteiger partial charge in [0, 0.05) is 5.92 Å². The van der Waals surface area contributed by atoms with Gasteiger partial charge in [-0.1, -0.05) is 52.9 Å². The predicted octanol–water partition coefficient (Wildman–Crippen LogP) is 4.31. The van der Waals surface area contributed by atoms with E-state index in [1.54, 1.807) is 11.8 Å². The Balaban J connectivity index is 2.59. The second kappa shape index (κ2) is 15.5. The largest absolute Gasteiger partial charge is 0.467 e. The van der Waals surface area contributed by atoms with Crippen LogP contribution in [0.1, 0.15) is 85.0 Å². The Morgan fingerprint density at radius 3 is 2.26 bits per heavy atom. The van der Waals surface area contributed by atoms with E-state index in [-0.39, 0.29) is 23.7 Å². The van der Waals surface area contributed by atoms with Crippen LogP contribution in [0.2, 0.25) is 0 Å². The fraction of sp³-hybridized carbons (Fsp3) is 0.875. The van der Waals surface area contributed by atoms with Crippen molar-refractivity contribution in [1.29, 1.82) is 0 Å². The van der Waals surface area contributed by atoms with E-state index >= 15 is 0 Å². The average molecular weight is 457 g/mol. The lowest BCUT2D eigenvalue weighted by Crippen LogP contribution is -2.54. The highest BCUT2D eigenvalue weighted by Crippen LogP contribution is 2.32. The molecule has 0 saturated heterocycles. The van der Waals surface area contributed by atoms with E-state index in [0.29, 0.717) is 6.42 Å². The summed E-state index contributed by atoms with van der Waals surface area (Å²) in [6.45, 7) is 5.95. The number of hydrogen-bond donors (Lipinski definition) is 2. The monoisotopic (exact) mass is 456 g/mol. The molecule has 1 rings (SSSR count). The van der Waals surface area contributed by atoms with Crippen LogP contribution in [-0.4, -0.2) is 49.0 Å². The molecule has 1 aliphatic carbocycles. The molecule has 2 N–H and O–H groups in total. The lowest BCUT2D eigenvalue weighted by Gasteiger charge is -2.30. The fourth-order valence-electron chi connectivity index (χ4n) is 4.25. The molecule has 31 heavy (non-hydrogen) atoms. The number of methoxy groups -OCH3 is 1. The summed E-state index contributed by atoms with van der Waals surface area (Å²) in [6, 6.07) is -1.34. The Morgan fingerprint density at radius 1 is 1.03 bits per heavy atom. The van der Waals surface area contributed by atoms with Crippen molar-refractivity contribution in [3.8, 4) is 0 Å². The highest BCUT2D eigenvalue weighted by atomic mass is 32.2. The number of amides is 2. The third-order valence-corrected chi connectivity index (χ3v) is 6.99. The average Bonchev–Trinajstić information content (AvgIpc) is 2.77. The summed E-state index contributed by atoms with van der Waals surface area (Å²) in [4.78, 5) is 37.8. The number of carbonyl (C=O) groups is 3. The van der Waals surface area contributed by atoms with Crippen LogP contribution in [0.3, 0.4) is 0 Å². The number of thioether (sulfide) groups is 1. The summed E-state index contributed by atoms with van der Waals surface area (Å²) < 4.78 is 4.82. The Bertz CT molecular complexity index is 548. The minimum Gasteiger partial charge on any atom is -0.467 e. The van der Waals surface area contributed by atoms with Crippen LogP contribution in [0.15, 0.2) is 0 Å². The van der Waals surface area contributed by atoms with Crippen LogP contribution in [0.5, 0.6) is 0 Å². The number of ether oxygens (including phenoxy) is 1. The molecule has 0 unspecified atom stereocenters. The molecule has 0 radical (unpaired) electrons. The highest BCUT2D eigenvalue weighted by molar-refractivity contribution is 7.98. The van der Waals surface area contributed by atoms with Crippen molar-refractivity contribution < 1.29 is 19.1 Å². The second-order valence-corrected chi connectivity index (χ2v) is 10.1. The van der Waals surface area contributed by atoms with Crippen LogP contribution in [0, 0.1) is 17.8 Å². The quantitative estimate of drug-likeness (QED) is 0.300. The predicted molar refractivity (Wildman–Crippen MR) is 128 cm³/mol. The third-order valence-electron chi connectivity index (χ3n) is 6.35. The summed E-state index contributed by atoms with van der Waals surface area (Å²) in [5, 5.41) is 5.77. The van der Waals surface area contributed by atoms with E-state index in [0.717, 1.165) is 37.4 Å². The van der Waals surface area contributed by atoms with Gasteiger partial charge in [-0.2, -0.15) is 11.8 Å². The molecular formula is C24H44N2O4S. The van der Waals surface area contributed by atoms with Crippen LogP contribution < -0.4 is 10.6 Å². The van der Waals surface area contributed by atoms with Crippen LogP contribution >= 0.6 is 11.8 Å². The van der Waals surface area contributed by atoms with Gasteiger partial charge in [-0.15, -0.1) is 0 Å². The molecule has 1 aliphatic rings. The topological polar surface area (TPSA) is 84.5 Å². The number of esters is 1. The zero-order valence-corrected chi connectivity index (χ0v) is 21.0. The van der Waals surface area contributed by atoms with Gasteiger partial charge in [-0.3, -0.25) is 9.59 Å². The van der Waals surface area contributed by atoms with E-state index in [4.69, 9.17) is 4.74 Å². The summed E-state index contributed by atoms with van der Waals surface area (Å²) in [5.74, 6) is 0.590. The molecule has 0 aliphatic heterocycles. The molecule has 0 spiro atoms. The Hall–Kier alpha value is -1.24. The van der Waals surface area contributed by atoms with E-state index in [2.05, 4.69) is 17.6 Å². The first kappa shape index (κ1) is 27.8. The van der Waals surface area contributed by atoms with E-state index in [9.17, 15) is 14.4 Å². The van der Waals surface area contributed by atoms with Gasteiger partial charge >= 0.3 is 5.97 Å². The van der Waals surface area contributed by atoms with Crippen LogP contribution in [-0.2, 0) is 19.1 Å². The first-order valence-electron chi connectivity index (χ1n) is 12.0. The van der Waals surface area contributed by atoms with Gasteiger partial charge < -0.3 is 15.4 Å². The van der Waals surface area contributed by atoms with Crippen LogP contribution in [0.4, 0.5) is 0 Å². The number of nitrogens with one attached hydrogen (secondary N) is 2. The third kappa shape index (κ3) is 10.3. The Morgan fingerprint density at radius 2 is 1.71 bits per heavy atom. The van der Waals surface area contributed by atoms with Gasteiger partial charge in [0.2, 0.25) is 11.8 Å². The smallest absolute Gasteiger partial charge is 0.328 e. The molecule has 0 aromatic heterocycles. The molecular weight excluding hydrogens is 412 g/mol. The van der Waals surface area contributed by atoms with Gasteiger partial charge in [0.25, 0.3) is 0 Å². The summed E-state index contributed by atoms with van der Waals surface area (Å²) in [7, 11) is 1.32. The number of hydrogen-bond acceptors (Lipinski definition) is 5. The molecule has 2 atom stereocenters. The van der Waals surface area contributed by atoms with Crippen molar-refractivity contribution in [2.24, 2.45) is 17.8 Å². The normalized spacial score (nSPS) is 20.7. The molecule has 0 bridgehead atoms. The van der Waals surface area contributed by atoms with Crippen molar-refractivity contribution >= 4 is 29.5 Å². The van der Waals surface area contributed by atoms with Crippen molar-refractivity contribution in [3.63, 3.8) is 0 Å². The Kier molecular flexibility index (Phi) is 13.9. The maximum absolute atomic E-state index is 12.9. The van der Waals surface area contributed by atoms with Gasteiger partial charge in [-0.05, 0) is 55.9 Å². The fourth-order valence-corrected chi connectivity index (χ4v) is 4.72. The number of unbranched alkanes of at least 4 members (excludes halogenated alkanes) is 3. The van der Waals surface area contributed by atoms with Crippen molar-refractivity contribution in [2.45, 2.75) is 97.1 Å². The van der Waals surface area contributed by atoms with Gasteiger partial charge in [0.15, 0.2) is 0 Å². The molecule has 180 valence electrons. The first-order chi connectivity index (χ1) is 14.8. The zero-order valence-electron chi connectivity index (χ0n) is 20.2. The molecule has 6 nitrogen and oxygen atoms in total. The minimum atomic E-state index is -0.714. The molecule has 7 heteroatoms. The minimum absolute atomic E-state index is 0.0158. The molecule has 1 saturated carbocycles. The van der Waals surface area contributed by atoms with E-state index in [1.165, 1.54) is 39.2 Å². The summed E-state index contributed by atoms with van der Waals surface area (Å²) in [6.07, 6.45) is 13.0. The lowest BCUT2D eigenvalue weighted by atomic mass is 9.79. The molecule has 0 heterocycles. The van der Waals surface area contributed by atoms with Crippen molar-refractivity contribution in [3.05, 3.63) is 0 Å². The zero-order chi connectivity index (χ0) is 23.2. The second-order valence-electron chi connectivity index (χ2n) is 9.16. The van der Waals surface area contributed by atoms with Gasteiger partial charge in [0.05, 0.1) is 7.11 Å².